The van der Waals surface area contributed by atoms with Crippen LogP contribution in [0.15, 0.2) is 72.8 Å². The van der Waals surface area contributed by atoms with Gasteiger partial charge >= 0.3 is 0 Å². The summed E-state index contributed by atoms with van der Waals surface area (Å²) in [5.74, 6) is 3.20. The highest BCUT2D eigenvalue weighted by Gasteiger charge is 2.13. The average Bonchev–Trinajstić information content (AvgIpc) is 2.87. The van der Waals surface area contributed by atoms with Gasteiger partial charge < -0.3 is 14.5 Å². The number of anilines is 2. The smallest absolute Gasteiger partial charge is 0.224 e. The van der Waals surface area contributed by atoms with Crippen molar-refractivity contribution in [2.24, 2.45) is 0 Å². The molecule has 7 nitrogen and oxygen atoms in total. The number of fused-ring (bicyclic) bond motifs is 2. The largest absolute Gasteiger partial charge is 0.496 e. The van der Waals surface area contributed by atoms with Crippen molar-refractivity contribution in [3.05, 3.63) is 78.1 Å². The Balaban J connectivity index is 0.000000179. The van der Waals surface area contributed by atoms with Crippen LogP contribution in [0.4, 0.5) is 11.6 Å². The van der Waals surface area contributed by atoms with Gasteiger partial charge in [-0.05, 0) is 48.0 Å². The van der Waals surface area contributed by atoms with Gasteiger partial charge in [-0.25, -0.2) is 15.0 Å². The summed E-state index contributed by atoms with van der Waals surface area (Å²) in [5.41, 5.74) is 2.70. The van der Waals surface area contributed by atoms with Crippen LogP contribution < -0.4 is 14.5 Å². The first-order chi connectivity index (χ1) is 16.9. The van der Waals surface area contributed by atoms with Gasteiger partial charge in [-0.1, -0.05) is 36.4 Å². The molecule has 0 atom stereocenters. The maximum absolute atomic E-state index is 5.82. The molecule has 0 aliphatic carbocycles. The molecule has 0 aliphatic heterocycles. The Morgan fingerprint density at radius 2 is 1.14 bits per heavy atom. The number of hydrogen-bond donors (Lipinski definition) is 0. The average molecular weight is 487 g/mol. The fourth-order valence-electron chi connectivity index (χ4n) is 3.72. The Hall–Kier alpha value is -3.97. The molecule has 0 unspecified atom stereocenters. The van der Waals surface area contributed by atoms with Crippen molar-refractivity contribution in [1.29, 1.82) is 0 Å². The highest BCUT2D eigenvalue weighted by Crippen LogP contribution is 2.31. The molecule has 5 aromatic rings. The Morgan fingerprint density at radius 3 is 1.74 bits per heavy atom. The third kappa shape index (κ3) is 5.25. The third-order valence-corrected chi connectivity index (χ3v) is 5.50. The molecule has 2 aromatic heterocycles. The monoisotopic (exact) mass is 486 g/mol. The van der Waals surface area contributed by atoms with E-state index in [0.717, 1.165) is 44.8 Å². The first kappa shape index (κ1) is 24.2. The Labute approximate surface area is 210 Å². The van der Waals surface area contributed by atoms with Crippen molar-refractivity contribution in [2.75, 3.05) is 45.1 Å². The van der Waals surface area contributed by atoms with Crippen LogP contribution in [0.1, 0.15) is 0 Å². The Bertz CT molecular complexity index is 1470. The van der Waals surface area contributed by atoms with E-state index in [1.165, 1.54) is 0 Å². The number of nitrogens with zero attached hydrogens (tertiary/aromatic N) is 6. The van der Waals surface area contributed by atoms with Crippen LogP contribution >= 0.6 is 11.6 Å². The first-order valence-electron chi connectivity index (χ1n) is 11.1. The van der Waals surface area contributed by atoms with Gasteiger partial charge in [0.05, 0.1) is 23.7 Å². The molecule has 5 rings (SSSR count). The van der Waals surface area contributed by atoms with Gasteiger partial charge in [0.2, 0.25) is 5.28 Å². The number of hydrogen-bond acceptors (Lipinski definition) is 7. The number of methoxy groups -OCH3 is 1. The summed E-state index contributed by atoms with van der Waals surface area (Å²) < 4.78 is 5.42. The third-order valence-electron chi connectivity index (χ3n) is 5.33. The second kappa shape index (κ2) is 10.5. The van der Waals surface area contributed by atoms with E-state index in [0.29, 0.717) is 5.82 Å². The summed E-state index contributed by atoms with van der Waals surface area (Å²) in [6.07, 6.45) is 0. The maximum atomic E-state index is 5.82. The van der Waals surface area contributed by atoms with Gasteiger partial charge in [0.1, 0.15) is 17.4 Å². The second-order valence-corrected chi connectivity index (χ2v) is 8.55. The second-order valence-electron chi connectivity index (χ2n) is 8.21. The topological polar surface area (TPSA) is 67.3 Å². The van der Waals surface area contributed by atoms with Gasteiger partial charge in [-0.3, -0.25) is 0 Å². The zero-order valence-electron chi connectivity index (χ0n) is 20.4. The van der Waals surface area contributed by atoms with Crippen LogP contribution in [-0.4, -0.2) is 55.2 Å². The standard InChI is InChI=1S/C17H17N3O.C10H10ClN3/c1-20(2)17-12-8-4-6-10-14(12)18-16(19-17)13-9-5-7-11-15(13)21-3;1-14(2)9-7-5-3-4-6-8(7)12-10(11)13-9/h4-11H,1-3H3;3-6H,1-2H3. The van der Waals surface area contributed by atoms with Crippen LogP contribution in [0.25, 0.3) is 33.2 Å². The van der Waals surface area contributed by atoms with Crippen molar-refractivity contribution in [2.45, 2.75) is 0 Å². The van der Waals surface area contributed by atoms with Gasteiger partial charge in [0, 0.05) is 39.0 Å². The molecule has 35 heavy (non-hydrogen) atoms. The highest BCUT2D eigenvalue weighted by atomic mass is 35.5. The van der Waals surface area contributed by atoms with Crippen molar-refractivity contribution < 1.29 is 4.74 Å². The van der Waals surface area contributed by atoms with Crippen LogP contribution in [0.5, 0.6) is 5.75 Å². The molecular formula is C27H27ClN6O. The first-order valence-corrected chi connectivity index (χ1v) is 11.4. The van der Waals surface area contributed by atoms with E-state index in [1.807, 2.05) is 111 Å². The summed E-state index contributed by atoms with van der Waals surface area (Å²) in [6.45, 7) is 0. The van der Waals surface area contributed by atoms with Crippen molar-refractivity contribution in [3.8, 4) is 17.1 Å². The molecule has 0 saturated heterocycles. The van der Waals surface area contributed by atoms with E-state index in [4.69, 9.17) is 21.3 Å². The lowest BCUT2D eigenvalue weighted by atomic mass is 10.1. The van der Waals surface area contributed by atoms with Crippen LogP contribution in [0.2, 0.25) is 5.28 Å². The van der Waals surface area contributed by atoms with Crippen molar-refractivity contribution >= 4 is 45.0 Å². The number of halogens is 1. The SMILES string of the molecule is CN(C)c1nc(Cl)nc2ccccc12.COc1ccccc1-c1nc(N(C)C)c2ccccc2n1. The van der Waals surface area contributed by atoms with Gasteiger partial charge in [0.25, 0.3) is 0 Å². The predicted octanol–water partition coefficient (Wildman–Crippen LogP) is 5.72. The summed E-state index contributed by atoms with van der Waals surface area (Å²) in [4.78, 5) is 21.7. The highest BCUT2D eigenvalue weighted by molar-refractivity contribution is 6.28. The molecule has 8 heteroatoms. The summed E-state index contributed by atoms with van der Waals surface area (Å²) >= 11 is 5.82. The lowest BCUT2D eigenvalue weighted by molar-refractivity contribution is 0.416. The molecule has 3 aromatic carbocycles. The Kier molecular flexibility index (Phi) is 7.27. The van der Waals surface area contributed by atoms with Crippen LogP contribution in [-0.2, 0) is 0 Å². The molecule has 0 N–H and O–H groups in total. The minimum atomic E-state index is 0.285. The van der Waals surface area contributed by atoms with E-state index in [2.05, 4.69) is 15.0 Å². The fourth-order valence-corrected chi connectivity index (χ4v) is 3.89. The van der Waals surface area contributed by atoms with Crippen LogP contribution in [0, 0.1) is 0 Å². The van der Waals surface area contributed by atoms with E-state index >= 15 is 0 Å². The number of rotatable bonds is 4. The fraction of sp³-hybridized carbons (Fsp3) is 0.185. The quantitative estimate of drug-likeness (QED) is 0.301. The molecule has 0 radical (unpaired) electrons. The zero-order chi connectivity index (χ0) is 24.9. The number of benzene rings is 3. The van der Waals surface area contributed by atoms with Gasteiger partial charge in [-0.2, -0.15) is 4.98 Å². The van der Waals surface area contributed by atoms with Gasteiger partial charge in [0.15, 0.2) is 5.82 Å². The number of para-hydroxylation sites is 3. The van der Waals surface area contributed by atoms with Crippen molar-refractivity contribution in [1.82, 2.24) is 19.9 Å². The molecule has 2 heterocycles. The molecule has 0 fully saturated rings. The summed E-state index contributed by atoms with van der Waals surface area (Å²) in [7, 11) is 9.50. The maximum Gasteiger partial charge on any atom is 0.224 e. The minimum absolute atomic E-state index is 0.285. The molecule has 178 valence electrons. The molecule has 0 bridgehead atoms. The lowest BCUT2D eigenvalue weighted by Gasteiger charge is -2.16. The van der Waals surface area contributed by atoms with Crippen molar-refractivity contribution in [3.63, 3.8) is 0 Å². The van der Waals surface area contributed by atoms with E-state index < -0.39 is 0 Å². The van der Waals surface area contributed by atoms with E-state index in [1.54, 1.807) is 7.11 Å². The molecular weight excluding hydrogens is 460 g/mol. The minimum Gasteiger partial charge on any atom is -0.496 e. The molecule has 0 spiro atoms. The summed E-state index contributed by atoms with van der Waals surface area (Å²) in [6, 6.07) is 23.6. The number of ether oxygens (including phenoxy) is 1. The molecule has 0 amide bonds. The normalized spacial score (nSPS) is 10.6. The lowest BCUT2D eigenvalue weighted by Crippen LogP contribution is -2.12. The van der Waals surface area contributed by atoms with Gasteiger partial charge in [-0.15, -0.1) is 0 Å². The summed E-state index contributed by atoms with van der Waals surface area (Å²) in [5, 5.41) is 2.34. The zero-order valence-corrected chi connectivity index (χ0v) is 21.2. The Morgan fingerprint density at radius 1 is 0.629 bits per heavy atom. The predicted molar refractivity (Wildman–Crippen MR) is 145 cm³/mol. The van der Waals surface area contributed by atoms with Crippen LogP contribution in [0.3, 0.4) is 0 Å². The van der Waals surface area contributed by atoms with E-state index in [-0.39, 0.29) is 5.28 Å². The molecule has 0 saturated carbocycles. The number of aromatic nitrogens is 4. The molecule has 0 aliphatic rings. The van der Waals surface area contributed by atoms with E-state index in [9.17, 15) is 0 Å².